The minimum Gasteiger partial charge on any atom is -0.228 e. The maximum atomic E-state index is 14.2. The number of hydrogen-bond donors (Lipinski definition) is 0. The van der Waals surface area contributed by atoms with E-state index in [-0.39, 0.29) is 22.3 Å². The van der Waals surface area contributed by atoms with Gasteiger partial charge in [0.05, 0.1) is 11.9 Å². The number of fused-ring (bicyclic) bond motifs is 1. The highest BCUT2D eigenvalue weighted by molar-refractivity contribution is 5.84. The number of pyridine rings is 1. The number of nitrogens with zero attached hydrogens (tertiary/aromatic N) is 3. The van der Waals surface area contributed by atoms with Crippen molar-refractivity contribution in [2.75, 3.05) is 0 Å². The Balaban J connectivity index is 1.99. The van der Waals surface area contributed by atoms with Crippen LogP contribution in [0, 0.1) is 12.7 Å². The Bertz CT molecular complexity index is 1090. The summed E-state index contributed by atoms with van der Waals surface area (Å²) in [6, 6.07) is 14.8. The van der Waals surface area contributed by atoms with Gasteiger partial charge in [0.15, 0.2) is 5.65 Å². The summed E-state index contributed by atoms with van der Waals surface area (Å²) in [5, 5.41) is 4.31. The molecule has 26 heavy (non-hydrogen) atoms. The van der Waals surface area contributed by atoms with Crippen molar-refractivity contribution in [3.63, 3.8) is 0 Å². The molecule has 0 unspecified atom stereocenters. The SMILES string of the molecule is Cc1ccc(-c2cc(C(F)F)c3cnn(-c4ccccc4F)c3n2)cc1. The lowest BCUT2D eigenvalue weighted by Crippen LogP contribution is -2.02. The molecule has 0 N–H and O–H groups in total. The second-order valence-electron chi connectivity index (χ2n) is 6.01. The number of aryl methyl sites for hydroxylation is 1. The van der Waals surface area contributed by atoms with Gasteiger partial charge >= 0.3 is 0 Å². The van der Waals surface area contributed by atoms with Crippen LogP contribution >= 0.6 is 0 Å². The standard InChI is InChI=1S/C20H14F3N3/c1-12-6-8-13(9-7-12)17-10-14(19(22)23)15-11-24-26(20(15)25-17)18-5-3-2-4-16(18)21/h2-11,19H,1H3. The lowest BCUT2D eigenvalue weighted by molar-refractivity contribution is 0.153. The number of hydrogen-bond acceptors (Lipinski definition) is 2. The Morgan fingerprint density at radius 3 is 2.42 bits per heavy atom. The molecule has 0 aliphatic rings. The van der Waals surface area contributed by atoms with Crippen molar-refractivity contribution in [1.82, 2.24) is 14.8 Å². The second-order valence-corrected chi connectivity index (χ2v) is 6.01. The van der Waals surface area contributed by atoms with Crippen molar-refractivity contribution in [3.8, 4) is 16.9 Å². The maximum absolute atomic E-state index is 14.2. The highest BCUT2D eigenvalue weighted by atomic mass is 19.3. The van der Waals surface area contributed by atoms with Crippen LogP contribution in [0.4, 0.5) is 13.2 Å². The second kappa shape index (κ2) is 6.29. The van der Waals surface area contributed by atoms with Gasteiger partial charge in [0.25, 0.3) is 6.43 Å². The molecular weight excluding hydrogens is 339 g/mol. The van der Waals surface area contributed by atoms with E-state index in [0.29, 0.717) is 11.3 Å². The number of halogens is 3. The lowest BCUT2D eigenvalue weighted by atomic mass is 10.1. The third kappa shape index (κ3) is 2.73. The topological polar surface area (TPSA) is 30.7 Å². The molecule has 2 aromatic heterocycles. The van der Waals surface area contributed by atoms with Crippen LogP contribution < -0.4 is 0 Å². The van der Waals surface area contributed by atoms with E-state index in [1.807, 2.05) is 31.2 Å². The fraction of sp³-hybridized carbons (Fsp3) is 0.100. The number of para-hydroxylation sites is 1. The highest BCUT2D eigenvalue weighted by Gasteiger charge is 2.20. The predicted octanol–water partition coefficient (Wildman–Crippen LogP) is 5.47. The van der Waals surface area contributed by atoms with Crippen LogP contribution in [-0.2, 0) is 0 Å². The first-order valence-electron chi connectivity index (χ1n) is 8.03. The van der Waals surface area contributed by atoms with Gasteiger partial charge in [0, 0.05) is 16.5 Å². The third-order valence-electron chi connectivity index (χ3n) is 4.24. The van der Waals surface area contributed by atoms with E-state index in [2.05, 4.69) is 10.1 Å². The van der Waals surface area contributed by atoms with E-state index < -0.39 is 12.2 Å². The minimum atomic E-state index is -2.69. The fourth-order valence-electron chi connectivity index (χ4n) is 2.88. The Labute approximate surface area is 147 Å². The van der Waals surface area contributed by atoms with E-state index in [0.717, 1.165) is 5.56 Å². The van der Waals surface area contributed by atoms with Crippen molar-refractivity contribution in [2.45, 2.75) is 13.3 Å². The van der Waals surface area contributed by atoms with Gasteiger partial charge in [-0.2, -0.15) is 5.10 Å². The normalized spacial score (nSPS) is 11.4. The molecule has 0 radical (unpaired) electrons. The van der Waals surface area contributed by atoms with Gasteiger partial charge in [-0.25, -0.2) is 22.8 Å². The number of aromatic nitrogens is 3. The van der Waals surface area contributed by atoms with Crippen LogP contribution in [0.5, 0.6) is 0 Å². The van der Waals surface area contributed by atoms with Gasteiger partial charge in [-0.15, -0.1) is 0 Å². The molecule has 4 rings (SSSR count). The van der Waals surface area contributed by atoms with Crippen LogP contribution in [-0.4, -0.2) is 14.8 Å². The first kappa shape index (κ1) is 16.3. The summed E-state index contributed by atoms with van der Waals surface area (Å²) in [6.07, 6.45) is -1.39. The largest absolute Gasteiger partial charge is 0.264 e. The van der Waals surface area contributed by atoms with Gasteiger partial charge in [0.1, 0.15) is 11.5 Å². The van der Waals surface area contributed by atoms with Gasteiger partial charge < -0.3 is 0 Å². The molecule has 0 saturated carbocycles. The number of rotatable bonds is 3. The van der Waals surface area contributed by atoms with Crippen LogP contribution in [0.25, 0.3) is 28.0 Å². The van der Waals surface area contributed by atoms with Crippen molar-refractivity contribution >= 4 is 11.0 Å². The molecule has 6 heteroatoms. The molecule has 3 nitrogen and oxygen atoms in total. The molecule has 2 heterocycles. The fourth-order valence-corrected chi connectivity index (χ4v) is 2.88. The molecule has 0 aliphatic heterocycles. The highest BCUT2D eigenvalue weighted by Crippen LogP contribution is 2.32. The van der Waals surface area contributed by atoms with Crippen molar-refractivity contribution in [1.29, 1.82) is 0 Å². The molecule has 130 valence electrons. The summed E-state index contributed by atoms with van der Waals surface area (Å²) in [5.41, 5.74) is 2.35. The first-order chi connectivity index (χ1) is 12.5. The molecule has 4 aromatic rings. The van der Waals surface area contributed by atoms with Crippen molar-refractivity contribution in [3.05, 3.63) is 77.7 Å². The zero-order valence-corrected chi connectivity index (χ0v) is 13.8. The molecule has 0 amide bonds. The smallest absolute Gasteiger partial charge is 0.228 e. The minimum absolute atomic E-state index is 0.163. The predicted molar refractivity (Wildman–Crippen MR) is 94.0 cm³/mol. The molecule has 0 saturated heterocycles. The zero-order chi connectivity index (χ0) is 18.3. The van der Waals surface area contributed by atoms with Gasteiger partial charge in [-0.1, -0.05) is 42.0 Å². The Morgan fingerprint density at radius 2 is 1.73 bits per heavy atom. The first-order valence-corrected chi connectivity index (χ1v) is 8.03. The van der Waals surface area contributed by atoms with Gasteiger partial charge in [0.2, 0.25) is 0 Å². The van der Waals surface area contributed by atoms with Crippen LogP contribution in [0.2, 0.25) is 0 Å². The van der Waals surface area contributed by atoms with E-state index in [4.69, 9.17) is 0 Å². The maximum Gasteiger partial charge on any atom is 0.264 e. The zero-order valence-electron chi connectivity index (χ0n) is 13.8. The summed E-state index contributed by atoms with van der Waals surface area (Å²) in [7, 11) is 0. The summed E-state index contributed by atoms with van der Waals surface area (Å²) in [5.74, 6) is -0.501. The Kier molecular flexibility index (Phi) is 3.95. The average molecular weight is 353 g/mol. The third-order valence-corrected chi connectivity index (χ3v) is 4.24. The number of alkyl halides is 2. The summed E-state index contributed by atoms with van der Waals surface area (Å²) >= 11 is 0. The lowest BCUT2D eigenvalue weighted by Gasteiger charge is -2.09. The monoisotopic (exact) mass is 353 g/mol. The Hall–Kier alpha value is -3.15. The van der Waals surface area contributed by atoms with Crippen molar-refractivity contribution < 1.29 is 13.2 Å². The van der Waals surface area contributed by atoms with E-state index in [1.165, 1.54) is 29.1 Å². The molecule has 2 aromatic carbocycles. The van der Waals surface area contributed by atoms with E-state index in [9.17, 15) is 13.2 Å². The summed E-state index contributed by atoms with van der Waals surface area (Å²) in [6.45, 7) is 1.94. The van der Waals surface area contributed by atoms with Crippen LogP contribution in [0.1, 0.15) is 17.6 Å². The molecule has 0 bridgehead atoms. The van der Waals surface area contributed by atoms with Gasteiger partial charge in [-0.3, -0.25) is 0 Å². The average Bonchev–Trinajstić information content (AvgIpc) is 3.05. The molecule has 0 atom stereocenters. The van der Waals surface area contributed by atoms with Gasteiger partial charge in [-0.05, 0) is 25.1 Å². The van der Waals surface area contributed by atoms with Crippen LogP contribution in [0.3, 0.4) is 0 Å². The van der Waals surface area contributed by atoms with E-state index >= 15 is 0 Å². The quantitative estimate of drug-likeness (QED) is 0.489. The number of benzene rings is 2. The molecule has 0 aliphatic carbocycles. The molecule has 0 fully saturated rings. The summed E-state index contributed by atoms with van der Waals surface area (Å²) < 4.78 is 42.6. The molecular formula is C20H14F3N3. The van der Waals surface area contributed by atoms with Crippen molar-refractivity contribution in [2.24, 2.45) is 0 Å². The summed E-state index contributed by atoms with van der Waals surface area (Å²) in [4.78, 5) is 4.50. The molecule has 0 spiro atoms. The van der Waals surface area contributed by atoms with Crippen LogP contribution in [0.15, 0.2) is 60.8 Å². The van der Waals surface area contributed by atoms with E-state index in [1.54, 1.807) is 12.1 Å². The Morgan fingerprint density at radius 1 is 1.00 bits per heavy atom.